The maximum absolute atomic E-state index is 4.12. The molecule has 0 saturated heterocycles. The molecule has 0 aromatic carbocycles. The van der Waals surface area contributed by atoms with Crippen LogP contribution in [0.5, 0.6) is 0 Å². The molecule has 252 valence electrons. The summed E-state index contributed by atoms with van der Waals surface area (Å²) in [4.78, 5) is 0. The molecule has 0 fully saturated rings. The largest absolute Gasteiger partial charge is 0.365 e. The highest BCUT2D eigenvalue weighted by Gasteiger charge is 2.12. The van der Waals surface area contributed by atoms with E-state index in [1.807, 2.05) is 0 Å². The number of rotatable bonds is 38. The summed E-state index contributed by atoms with van der Waals surface area (Å²) in [5.41, 5.74) is 0. The maximum Gasteiger partial charge on any atom is 0.365 e. The molecule has 0 saturated carbocycles. The fraction of sp³-hybridized carbons (Fsp3) is 1.00. The van der Waals surface area contributed by atoms with Crippen LogP contribution in [0.15, 0.2) is 0 Å². The molecule has 0 N–H and O–H groups in total. The Bertz CT molecular complexity index is 413. The third-order valence-electron chi connectivity index (χ3n) is 9.74. The van der Waals surface area contributed by atoms with E-state index in [2.05, 4.69) is 27.9 Å². The van der Waals surface area contributed by atoms with Crippen LogP contribution >= 0.6 is 14.1 Å². The number of halogens is 1. The van der Waals surface area contributed by atoms with E-state index in [9.17, 15) is 0 Å². The molecule has 0 unspecified atom stereocenters. The molecule has 2 heteroatoms. The second-order valence-corrected chi connectivity index (χ2v) is 20.4. The normalized spacial score (nSPS) is 11.5. The lowest BCUT2D eigenvalue weighted by Crippen LogP contribution is -2.01. The Morgan fingerprint density at radius 1 is 0.238 bits per heavy atom. The van der Waals surface area contributed by atoms with Crippen LogP contribution in [0.3, 0.4) is 0 Å². The van der Waals surface area contributed by atoms with Gasteiger partial charge in [-0.05, 0) is 0 Å². The van der Waals surface area contributed by atoms with Gasteiger partial charge in [-0.2, -0.15) is 0 Å². The monoisotopic (exact) mass is 669 g/mol. The topological polar surface area (TPSA) is 0 Å². The molecular weight excluding hydrogens is 587 g/mol. The Balaban J connectivity index is 3.13. The van der Waals surface area contributed by atoms with Gasteiger partial charge in [-0.15, -0.1) is 0 Å². The molecule has 0 aliphatic heterocycles. The van der Waals surface area contributed by atoms with E-state index in [0.29, 0.717) is 0 Å². The van der Waals surface area contributed by atoms with Gasteiger partial charge in [0.1, 0.15) is 0 Å². The molecule has 0 nitrogen and oxygen atoms in total. The van der Waals surface area contributed by atoms with Crippen molar-refractivity contribution in [2.45, 2.75) is 256 Å². The van der Waals surface area contributed by atoms with Crippen molar-refractivity contribution >= 4 is 26.4 Å². The lowest BCUT2D eigenvalue weighted by Gasteiger charge is -2.06. The first kappa shape index (κ1) is 43.0. The Kier molecular flexibility index (Phi) is 41.0. The van der Waals surface area contributed by atoms with Gasteiger partial charge in [0.15, 0.2) is 0 Å². The average Bonchev–Trinajstić information content (AvgIpc) is 3.00. The fourth-order valence-electron chi connectivity index (χ4n) is 6.68. The minimum atomic E-state index is -0.582. The molecule has 42 heavy (non-hydrogen) atoms. The zero-order chi connectivity index (χ0) is 30.4. The van der Waals surface area contributed by atoms with Crippen LogP contribution in [-0.4, -0.2) is 12.3 Å². The van der Waals surface area contributed by atoms with Gasteiger partial charge < -0.3 is 0 Å². The Morgan fingerprint density at radius 3 is 0.548 bits per heavy atom. The van der Waals surface area contributed by atoms with Gasteiger partial charge in [0.25, 0.3) is 0 Å². The van der Waals surface area contributed by atoms with Crippen LogP contribution < -0.4 is 0 Å². The molecule has 0 amide bonds. The smallest absolute Gasteiger partial charge is 0.217 e. The highest BCUT2D eigenvalue weighted by molar-refractivity contribution is 9.24. The minimum Gasteiger partial charge on any atom is -0.217 e. The second-order valence-electron chi connectivity index (χ2n) is 14.2. The Hall–Kier alpha value is 1.01. The molecule has 0 rings (SSSR count). The van der Waals surface area contributed by atoms with Crippen LogP contribution in [-0.2, 0) is 0 Å². The van der Waals surface area contributed by atoms with Crippen molar-refractivity contribution in [2.24, 2.45) is 0 Å². The third kappa shape index (κ3) is 39.0. The summed E-state index contributed by atoms with van der Waals surface area (Å²) in [5, 5.41) is 3.08. The first-order valence-corrected chi connectivity index (χ1v) is 25.3. The number of hydrogen-bond donors (Lipinski definition) is 0. The number of unbranched alkanes of at least 4 members (excludes halogenated alkanes) is 34. The van der Waals surface area contributed by atoms with E-state index < -0.39 is 12.3 Å². The fourth-order valence-corrected chi connectivity index (χ4v) is 10.4. The summed E-state index contributed by atoms with van der Waals surface area (Å²) in [6.07, 6.45) is 53.3. The molecule has 0 aromatic heterocycles. The molecular formula is C40H82AlBr. The molecule has 0 aromatic rings. The molecule has 0 aliphatic carbocycles. The molecule has 0 aliphatic rings. The molecule has 0 heterocycles. The lowest BCUT2D eigenvalue weighted by molar-refractivity contribution is 0.526. The van der Waals surface area contributed by atoms with Crippen molar-refractivity contribution in [1.82, 2.24) is 0 Å². The van der Waals surface area contributed by atoms with E-state index in [1.165, 1.54) is 242 Å². The summed E-state index contributed by atoms with van der Waals surface area (Å²) in [6.45, 7) is 4.62. The minimum absolute atomic E-state index is 0.582. The first-order chi connectivity index (χ1) is 20.8. The Labute approximate surface area is 280 Å². The van der Waals surface area contributed by atoms with E-state index >= 15 is 0 Å². The number of hydrogen-bond acceptors (Lipinski definition) is 0. The zero-order valence-electron chi connectivity index (χ0n) is 29.8. The second kappa shape index (κ2) is 40.0. The van der Waals surface area contributed by atoms with E-state index in [-0.39, 0.29) is 0 Å². The van der Waals surface area contributed by atoms with Crippen LogP contribution in [0.25, 0.3) is 0 Å². The van der Waals surface area contributed by atoms with Gasteiger partial charge >= 0.3 is 12.3 Å². The van der Waals surface area contributed by atoms with E-state index in [0.717, 1.165) is 0 Å². The molecule has 0 radical (unpaired) electrons. The lowest BCUT2D eigenvalue weighted by atomic mass is 10.0. The molecule has 0 atom stereocenters. The predicted molar refractivity (Wildman–Crippen MR) is 202 cm³/mol. The third-order valence-corrected chi connectivity index (χ3v) is 14.6. The standard InChI is InChI=1S/2C20H41.Al.BrH/c2*1-3-5-7-9-11-13-15-17-19-20-18-16-14-12-10-8-6-4-2;;/h2*1,3-20H2,2H3;;1H/q;;+1;/p-1. The van der Waals surface area contributed by atoms with Gasteiger partial charge in [-0.25, -0.2) is 14.1 Å². The van der Waals surface area contributed by atoms with Gasteiger partial charge in [-0.3, -0.25) is 0 Å². The van der Waals surface area contributed by atoms with Crippen LogP contribution in [0.4, 0.5) is 0 Å². The highest BCUT2D eigenvalue weighted by atomic mass is 79.9. The summed E-state index contributed by atoms with van der Waals surface area (Å²) in [6, 6.07) is 0. The Morgan fingerprint density at radius 2 is 0.381 bits per heavy atom. The van der Waals surface area contributed by atoms with Crippen molar-refractivity contribution < 1.29 is 0 Å². The van der Waals surface area contributed by atoms with Crippen molar-refractivity contribution in [2.75, 3.05) is 0 Å². The maximum atomic E-state index is 4.12. The SMILES string of the molecule is CCCCCCCCCCCCCCCCCCC[CH2][Al]([Br])[CH2]CCCCCCCCCCCCCCCCCCC. The molecule has 0 spiro atoms. The van der Waals surface area contributed by atoms with Gasteiger partial charge in [0.05, 0.1) is 0 Å². The van der Waals surface area contributed by atoms with Gasteiger partial charge in [0.2, 0.25) is 0 Å². The summed E-state index contributed by atoms with van der Waals surface area (Å²) in [7, 11) is 0. The van der Waals surface area contributed by atoms with Crippen LogP contribution in [0.2, 0.25) is 10.6 Å². The van der Waals surface area contributed by atoms with Crippen molar-refractivity contribution in [3.8, 4) is 0 Å². The van der Waals surface area contributed by atoms with Gasteiger partial charge in [-0.1, -0.05) is 256 Å². The quantitative estimate of drug-likeness (QED) is 0.0453. The van der Waals surface area contributed by atoms with Crippen molar-refractivity contribution in [3.05, 3.63) is 0 Å². The van der Waals surface area contributed by atoms with Gasteiger partial charge in [0, 0.05) is 0 Å². The van der Waals surface area contributed by atoms with Crippen LogP contribution in [0, 0.1) is 0 Å². The zero-order valence-corrected chi connectivity index (χ0v) is 32.6. The van der Waals surface area contributed by atoms with Crippen molar-refractivity contribution in [1.29, 1.82) is 0 Å². The van der Waals surface area contributed by atoms with Crippen molar-refractivity contribution in [3.63, 3.8) is 0 Å². The van der Waals surface area contributed by atoms with E-state index in [4.69, 9.17) is 0 Å². The van der Waals surface area contributed by atoms with Crippen LogP contribution in [0.1, 0.15) is 245 Å². The first-order valence-electron chi connectivity index (χ1n) is 20.4. The highest BCUT2D eigenvalue weighted by Crippen LogP contribution is 2.20. The summed E-state index contributed by atoms with van der Waals surface area (Å²) >= 11 is 3.54. The molecule has 0 bridgehead atoms. The van der Waals surface area contributed by atoms with E-state index in [1.54, 1.807) is 0 Å². The summed E-state index contributed by atoms with van der Waals surface area (Å²) in [5.74, 6) is 0. The summed E-state index contributed by atoms with van der Waals surface area (Å²) < 4.78 is 0. The average molecular weight is 670 g/mol. The predicted octanol–water partition coefficient (Wildman–Crippen LogP) is 16.5.